The Morgan fingerprint density at radius 1 is 1.21 bits per heavy atom. The van der Waals surface area contributed by atoms with Crippen LogP contribution in [0.1, 0.15) is 49.4 Å². The Balaban J connectivity index is 0.00000288. The summed E-state index contributed by atoms with van der Waals surface area (Å²) < 4.78 is 26.4. The second-order valence-corrected chi connectivity index (χ2v) is 7.89. The minimum absolute atomic E-state index is 0. The topological polar surface area (TPSA) is 101 Å². The fraction of sp³-hybridized carbons (Fsp3) is 0.562. The van der Waals surface area contributed by atoms with Gasteiger partial charge in [-0.2, -0.15) is 0 Å². The lowest BCUT2D eigenvalue weighted by Crippen LogP contribution is -2.40. The van der Waals surface area contributed by atoms with E-state index in [1.54, 1.807) is 31.2 Å². The van der Waals surface area contributed by atoms with Crippen LogP contribution in [0.3, 0.4) is 0 Å². The first-order chi connectivity index (χ1) is 10.9. The molecule has 0 unspecified atom stereocenters. The molecule has 0 bridgehead atoms. The fourth-order valence-corrected chi connectivity index (χ4v) is 3.94. The molecule has 1 aliphatic rings. The summed E-state index contributed by atoms with van der Waals surface area (Å²) in [6.45, 7) is 1.80. The Labute approximate surface area is 150 Å². The number of amides is 1. The Morgan fingerprint density at radius 3 is 2.46 bits per heavy atom. The number of carbonyl (C=O) groups excluding carboxylic acids is 1. The van der Waals surface area contributed by atoms with Crippen molar-refractivity contribution < 1.29 is 13.2 Å². The normalized spacial score (nSPS) is 20.8. The molecular weight excluding hydrogens is 350 g/mol. The maximum atomic E-state index is 12.5. The van der Waals surface area contributed by atoms with E-state index in [2.05, 4.69) is 10.0 Å². The molecule has 0 radical (unpaired) electrons. The maximum absolute atomic E-state index is 12.5. The molecule has 1 aliphatic carbocycles. The summed E-state index contributed by atoms with van der Waals surface area (Å²) >= 11 is 0. The average molecular weight is 376 g/mol. The van der Waals surface area contributed by atoms with Crippen molar-refractivity contribution in [1.82, 2.24) is 5.32 Å². The third-order valence-corrected chi connectivity index (χ3v) is 5.49. The highest BCUT2D eigenvalue weighted by Crippen LogP contribution is 2.20. The van der Waals surface area contributed by atoms with Gasteiger partial charge in [0.2, 0.25) is 10.0 Å². The van der Waals surface area contributed by atoms with Crippen molar-refractivity contribution in [1.29, 1.82) is 0 Å². The summed E-state index contributed by atoms with van der Waals surface area (Å²) in [6, 6.07) is 7.00. The molecular formula is C16H26ClN3O3S. The van der Waals surface area contributed by atoms with Gasteiger partial charge in [0.15, 0.2) is 0 Å². The molecule has 1 fully saturated rings. The SMILES string of the molecule is CCCS(=O)(=O)Nc1ccccc1C(=O)NC1CCC(N)CC1.Cl. The highest BCUT2D eigenvalue weighted by molar-refractivity contribution is 7.92. The van der Waals surface area contributed by atoms with Crippen LogP contribution in [-0.2, 0) is 10.0 Å². The van der Waals surface area contributed by atoms with E-state index in [0.29, 0.717) is 17.7 Å². The molecule has 1 saturated carbocycles. The number of nitrogens with two attached hydrogens (primary N) is 1. The molecule has 1 aromatic carbocycles. The lowest BCUT2D eigenvalue weighted by molar-refractivity contribution is 0.0927. The summed E-state index contributed by atoms with van der Waals surface area (Å²) in [5, 5.41) is 2.98. The van der Waals surface area contributed by atoms with Gasteiger partial charge >= 0.3 is 0 Å². The van der Waals surface area contributed by atoms with Gasteiger partial charge in [-0.15, -0.1) is 12.4 Å². The van der Waals surface area contributed by atoms with E-state index < -0.39 is 10.0 Å². The fourth-order valence-electron chi connectivity index (χ4n) is 2.78. The van der Waals surface area contributed by atoms with Crippen LogP contribution in [0, 0.1) is 0 Å². The number of anilines is 1. The first-order valence-corrected chi connectivity index (χ1v) is 9.72. The third kappa shape index (κ3) is 5.96. The molecule has 1 aromatic rings. The molecule has 2 rings (SSSR count). The predicted octanol–water partition coefficient (Wildman–Crippen LogP) is 2.26. The van der Waals surface area contributed by atoms with Crippen molar-refractivity contribution in [3.8, 4) is 0 Å². The second kappa shape index (κ2) is 9.25. The Bertz CT molecular complexity index is 644. The summed E-state index contributed by atoms with van der Waals surface area (Å²) in [5.41, 5.74) is 6.55. The number of para-hydroxylation sites is 1. The molecule has 24 heavy (non-hydrogen) atoms. The Hall–Kier alpha value is -1.31. The van der Waals surface area contributed by atoms with Crippen LogP contribution in [0.2, 0.25) is 0 Å². The van der Waals surface area contributed by atoms with E-state index in [1.807, 2.05) is 0 Å². The lowest BCUT2D eigenvalue weighted by atomic mass is 9.91. The number of rotatable bonds is 6. The van der Waals surface area contributed by atoms with Crippen LogP contribution >= 0.6 is 12.4 Å². The molecule has 1 amide bonds. The van der Waals surface area contributed by atoms with Crippen molar-refractivity contribution in [3.63, 3.8) is 0 Å². The van der Waals surface area contributed by atoms with Crippen molar-refractivity contribution in [2.24, 2.45) is 5.73 Å². The Morgan fingerprint density at radius 2 is 1.83 bits per heavy atom. The highest BCUT2D eigenvalue weighted by Gasteiger charge is 2.22. The van der Waals surface area contributed by atoms with E-state index in [0.717, 1.165) is 25.7 Å². The predicted molar refractivity (Wildman–Crippen MR) is 99.1 cm³/mol. The van der Waals surface area contributed by atoms with Crippen LogP contribution < -0.4 is 15.8 Å². The first-order valence-electron chi connectivity index (χ1n) is 8.07. The van der Waals surface area contributed by atoms with Gasteiger partial charge in [0, 0.05) is 12.1 Å². The first kappa shape index (κ1) is 20.7. The lowest BCUT2D eigenvalue weighted by Gasteiger charge is -2.27. The average Bonchev–Trinajstić information content (AvgIpc) is 2.49. The summed E-state index contributed by atoms with van der Waals surface area (Å²) in [5.74, 6) is -0.219. The van der Waals surface area contributed by atoms with Gasteiger partial charge < -0.3 is 11.1 Å². The van der Waals surface area contributed by atoms with Gasteiger partial charge in [-0.1, -0.05) is 19.1 Å². The molecule has 0 heterocycles. The number of nitrogens with one attached hydrogen (secondary N) is 2. The van der Waals surface area contributed by atoms with E-state index >= 15 is 0 Å². The van der Waals surface area contributed by atoms with Crippen LogP contribution in [0.4, 0.5) is 5.69 Å². The van der Waals surface area contributed by atoms with Crippen molar-refractivity contribution in [2.75, 3.05) is 10.5 Å². The molecule has 136 valence electrons. The largest absolute Gasteiger partial charge is 0.349 e. The molecule has 0 atom stereocenters. The van der Waals surface area contributed by atoms with Crippen LogP contribution in [-0.4, -0.2) is 32.2 Å². The minimum Gasteiger partial charge on any atom is -0.349 e. The van der Waals surface area contributed by atoms with Crippen LogP contribution in [0.25, 0.3) is 0 Å². The van der Waals surface area contributed by atoms with Crippen molar-refractivity contribution in [3.05, 3.63) is 29.8 Å². The molecule has 8 heteroatoms. The second-order valence-electron chi connectivity index (χ2n) is 6.05. The molecule has 0 aliphatic heterocycles. The molecule has 0 spiro atoms. The Kier molecular flexibility index (Phi) is 7.99. The summed E-state index contributed by atoms with van der Waals surface area (Å²) in [7, 11) is -3.43. The van der Waals surface area contributed by atoms with E-state index in [1.165, 1.54) is 0 Å². The number of benzene rings is 1. The van der Waals surface area contributed by atoms with E-state index in [9.17, 15) is 13.2 Å². The molecule has 0 aromatic heterocycles. The third-order valence-electron chi connectivity index (χ3n) is 4.02. The number of halogens is 1. The quantitative estimate of drug-likeness (QED) is 0.709. The highest BCUT2D eigenvalue weighted by atomic mass is 35.5. The van der Waals surface area contributed by atoms with Gasteiger partial charge in [0.1, 0.15) is 0 Å². The van der Waals surface area contributed by atoms with Gasteiger partial charge in [0.25, 0.3) is 5.91 Å². The smallest absolute Gasteiger partial charge is 0.253 e. The van der Waals surface area contributed by atoms with Crippen molar-refractivity contribution in [2.45, 2.75) is 51.1 Å². The number of hydrogen-bond acceptors (Lipinski definition) is 4. The van der Waals surface area contributed by atoms with Gasteiger partial charge in [-0.05, 0) is 44.2 Å². The van der Waals surface area contributed by atoms with Gasteiger partial charge in [-0.3, -0.25) is 9.52 Å². The summed E-state index contributed by atoms with van der Waals surface area (Å²) in [4.78, 5) is 12.5. The molecule has 6 nitrogen and oxygen atoms in total. The summed E-state index contributed by atoms with van der Waals surface area (Å²) in [6.07, 6.45) is 4.03. The zero-order valence-corrected chi connectivity index (χ0v) is 15.5. The molecule has 0 saturated heterocycles. The number of hydrogen-bond donors (Lipinski definition) is 3. The maximum Gasteiger partial charge on any atom is 0.253 e. The number of sulfonamides is 1. The zero-order valence-electron chi connectivity index (χ0n) is 13.8. The van der Waals surface area contributed by atoms with Gasteiger partial charge in [-0.25, -0.2) is 8.42 Å². The van der Waals surface area contributed by atoms with Gasteiger partial charge in [0.05, 0.1) is 17.0 Å². The van der Waals surface area contributed by atoms with Crippen molar-refractivity contribution >= 4 is 34.0 Å². The standard InChI is InChI=1S/C16H25N3O3S.ClH/c1-2-11-23(21,22)19-15-6-4-3-5-14(15)16(20)18-13-9-7-12(17)8-10-13;/h3-6,12-13,19H,2,7-11,17H2,1H3,(H,18,20);1H. The minimum atomic E-state index is -3.43. The van der Waals surface area contributed by atoms with E-state index in [4.69, 9.17) is 5.73 Å². The van der Waals surface area contributed by atoms with Crippen LogP contribution in [0.15, 0.2) is 24.3 Å². The van der Waals surface area contributed by atoms with E-state index in [-0.39, 0.29) is 36.2 Å². The molecule has 4 N–H and O–H groups in total. The van der Waals surface area contributed by atoms with Crippen LogP contribution in [0.5, 0.6) is 0 Å². The zero-order chi connectivity index (χ0) is 16.9. The monoisotopic (exact) mass is 375 g/mol. The number of carbonyl (C=O) groups is 1.